The third kappa shape index (κ3) is 4.07. The van der Waals surface area contributed by atoms with Gasteiger partial charge in [0.2, 0.25) is 9.84 Å². The largest absolute Gasteiger partial charge is 0.368 e. The fourth-order valence-corrected chi connectivity index (χ4v) is 5.93. The molecule has 5 rings (SSSR count). The molecule has 0 bridgehead atoms. The van der Waals surface area contributed by atoms with Crippen molar-refractivity contribution in [2.24, 2.45) is 0 Å². The van der Waals surface area contributed by atoms with Crippen molar-refractivity contribution in [1.82, 2.24) is 4.90 Å². The second kappa shape index (κ2) is 8.17. The summed E-state index contributed by atoms with van der Waals surface area (Å²) in [5, 5.41) is 3.40. The zero-order valence-corrected chi connectivity index (χ0v) is 18.4. The van der Waals surface area contributed by atoms with Gasteiger partial charge in [0.1, 0.15) is 0 Å². The Morgan fingerprint density at radius 2 is 1.58 bits per heavy atom. The molecular formula is C26H21NO2S2. The molecule has 154 valence electrons. The maximum atomic E-state index is 13.2. The predicted molar refractivity (Wildman–Crippen MR) is 127 cm³/mol. The standard InChI is InChI=1S/C26H21NO2S2/c28-31(29,25-8-4-7-23(17-25)21-5-2-1-3-6-21)24-11-9-20(10-12-24)18-27-15-13-22-14-16-30-26(22)19-27/h1-14,16-17,19H,15,18H2. The molecule has 0 amide bonds. The average molecular weight is 444 g/mol. The molecule has 5 heteroatoms. The van der Waals surface area contributed by atoms with Crippen LogP contribution >= 0.6 is 11.3 Å². The fraction of sp³-hybridized carbons (Fsp3) is 0.0769. The van der Waals surface area contributed by atoms with Crippen molar-refractivity contribution in [3.8, 4) is 11.1 Å². The van der Waals surface area contributed by atoms with Crippen LogP contribution in [0, 0.1) is 0 Å². The molecule has 1 aliphatic rings. The molecular weight excluding hydrogens is 422 g/mol. The Bertz CT molecular complexity index is 1440. The summed E-state index contributed by atoms with van der Waals surface area (Å²) in [6.45, 7) is 1.60. The minimum Gasteiger partial charge on any atom is -0.368 e. The number of thiophene rings is 1. The summed E-state index contributed by atoms with van der Waals surface area (Å²) in [6, 6.07) is 26.3. The van der Waals surface area contributed by atoms with Crippen molar-refractivity contribution >= 4 is 33.5 Å². The number of hydrogen-bond donors (Lipinski definition) is 0. The maximum absolute atomic E-state index is 13.2. The second-order valence-corrected chi connectivity index (χ2v) is 10.4. The third-order valence-electron chi connectivity index (χ3n) is 5.44. The van der Waals surface area contributed by atoms with Gasteiger partial charge in [0, 0.05) is 23.8 Å². The minimum atomic E-state index is -3.58. The Balaban J connectivity index is 1.38. The summed E-state index contributed by atoms with van der Waals surface area (Å²) in [4.78, 5) is 2.87. The Labute approximate surface area is 186 Å². The normalized spacial score (nSPS) is 13.2. The van der Waals surface area contributed by atoms with E-state index in [-0.39, 0.29) is 0 Å². The molecule has 0 N–H and O–H groups in total. The highest BCUT2D eigenvalue weighted by Gasteiger charge is 2.18. The lowest BCUT2D eigenvalue weighted by Crippen LogP contribution is -2.31. The third-order valence-corrected chi connectivity index (χ3v) is 8.08. The van der Waals surface area contributed by atoms with Gasteiger partial charge in [-0.1, -0.05) is 60.7 Å². The molecule has 0 radical (unpaired) electrons. The van der Waals surface area contributed by atoms with Crippen molar-refractivity contribution in [2.45, 2.75) is 16.3 Å². The van der Waals surface area contributed by atoms with Gasteiger partial charge in [0.25, 0.3) is 0 Å². The van der Waals surface area contributed by atoms with Crippen LogP contribution in [-0.4, -0.2) is 19.9 Å². The summed E-state index contributed by atoms with van der Waals surface area (Å²) in [5.41, 5.74) is 2.98. The lowest BCUT2D eigenvalue weighted by Gasteiger charge is -2.20. The highest BCUT2D eigenvalue weighted by Crippen LogP contribution is 2.26. The summed E-state index contributed by atoms with van der Waals surface area (Å²) in [6.07, 6.45) is 4.41. The summed E-state index contributed by atoms with van der Waals surface area (Å²) >= 11 is 1.73. The SMILES string of the molecule is O=S(=O)(c1ccc(CN2C=c3sccc3=CC2)cc1)c1cccc(-c2ccccc2)c1. The summed E-state index contributed by atoms with van der Waals surface area (Å²) in [7, 11) is -3.58. The first-order chi connectivity index (χ1) is 15.1. The van der Waals surface area contributed by atoms with Crippen molar-refractivity contribution in [3.63, 3.8) is 0 Å². The molecule has 2 heterocycles. The van der Waals surface area contributed by atoms with Gasteiger partial charge in [-0.3, -0.25) is 0 Å². The quantitative estimate of drug-likeness (QED) is 0.462. The van der Waals surface area contributed by atoms with Crippen molar-refractivity contribution < 1.29 is 8.42 Å². The maximum Gasteiger partial charge on any atom is 0.206 e. The number of fused-ring (bicyclic) bond motifs is 1. The Morgan fingerprint density at radius 1 is 0.806 bits per heavy atom. The van der Waals surface area contributed by atoms with Crippen LogP contribution in [0.1, 0.15) is 5.56 Å². The van der Waals surface area contributed by atoms with Crippen molar-refractivity contribution in [1.29, 1.82) is 0 Å². The molecule has 0 fully saturated rings. The van der Waals surface area contributed by atoms with E-state index in [9.17, 15) is 8.42 Å². The molecule has 0 spiro atoms. The van der Waals surface area contributed by atoms with E-state index in [0.29, 0.717) is 9.79 Å². The molecule has 4 aromatic rings. The van der Waals surface area contributed by atoms with Crippen LogP contribution in [0.3, 0.4) is 0 Å². The predicted octanol–water partition coefficient (Wildman–Crippen LogP) is 4.28. The van der Waals surface area contributed by atoms with Gasteiger partial charge in [0.15, 0.2) is 0 Å². The number of rotatable bonds is 5. The van der Waals surface area contributed by atoms with Crippen LogP contribution in [-0.2, 0) is 16.4 Å². The van der Waals surface area contributed by atoms with E-state index < -0.39 is 9.84 Å². The molecule has 3 aromatic carbocycles. The average Bonchev–Trinajstić information content (AvgIpc) is 3.28. The molecule has 0 unspecified atom stereocenters. The first-order valence-electron chi connectivity index (χ1n) is 10.1. The van der Waals surface area contributed by atoms with E-state index in [1.54, 1.807) is 41.7 Å². The van der Waals surface area contributed by atoms with E-state index in [2.05, 4.69) is 28.6 Å². The lowest BCUT2D eigenvalue weighted by molar-refractivity contribution is 0.455. The van der Waals surface area contributed by atoms with Crippen molar-refractivity contribution in [3.05, 3.63) is 106 Å². The molecule has 0 saturated heterocycles. The molecule has 1 aliphatic heterocycles. The van der Waals surface area contributed by atoms with Crippen LogP contribution in [0.25, 0.3) is 23.4 Å². The van der Waals surface area contributed by atoms with Gasteiger partial charge in [-0.2, -0.15) is 0 Å². The number of benzene rings is 3. The second-order valence-electron chi connectivity index (χ2n) is 7.54. The van der Waals surface area contributed by atoms with E-state index in [1.807, 2.05) is 48.5 Å². The van der Waals surface area contributed by atoms with Gasteiger partial charge in [-0.15, -0.1) is 11.3 Å². The van der Waals surface area contributed by atoms with Crippen molar-refractivity contribution in [2.75, 3.05) is 6.54 Å². The van der Waals surface area contributed by atoms with Crippen LogP contribution < -0.4 is 9.75 Å². The van der Waals surface area contributed by atoms with Gasteiger partial charge in [-0.25, -0.2) is 8.42 Å². The molecule has 0 atom stereocenters. The Hall–Kier alpha value is -3.15. The molecule has 0 saturated carbocycles. The van der Waals surface area contributed by atoms with Crippen LogP contribution in [0.15, 0.2) is 100 Å². The highest BCUT2D eigenvalue weighted by atomic mass is 32.2. The van der Waals surface area contributed by atoms with E-state index >= 15 is 0 Å². The smallest absolute Gasteiger partial charge is 0.206 e. The Morgan fingerprint density at radius 3 is 2.39 bits per heavy atom. The van der Waals surface area contributed by atoms with Gasteiger partial charge >= 0.3 is 0 Å². The van der Waals surface area contributed by atoms with Crippen LogP contribution in [0.4, 0.5) is 0 Å². The topological polar surface area (TPSA) is 37.4 Å². The number of hydrogen-bond acceptors (Lipinski definition) is 4. The van der Waals surface area contributed by atoms with E-state index in [0.717, 1.165) is 29.8 Å². The Kier molecular flexibility index (Phi) is 5.22. The summed E-state index contributed by atoms with van der Waals surface area (Å²) in [5.74, 6) is 0. The van der Waals surface area contributed by atoms with E-state index in [1.165, 1.54) is 9.75 Å². The molecule has 0 aliphatic carbocycles. The zero-order valence-electron chi connectivity index (χ0n) is 16.8. The monoisotopic (exact) mass is 443 g/mol. The van der Waals surface area contributed by atoms with Crippen LogP contribution in [0.2, 0.25) is 0 Å². The van der Waals surface area contributed by atoms with Crippen LogP contribution in [0.5, 0.6) is 0 Å². The van der Waals surface area contributed by atoms with E-state index in [4.69, 9.17) is 0 Å². The first kappa shape index (κ1) is 19.8. The molecule has 31 heavy (non-hydrogen) atoms. The molecule has 1 aromatic heterocycles. The highest BCUT2D eigenvalue weighted by molar-refractivity contribution is 7.91. The lowest BCUT2D eigenvalue weighted by atomic mass is 10.1. The zero-order chi connectivity index (χ0) is 21.3. The summed E-state index contributed by atoms with van der Waals surface area (Å²) < 4.78 is 27.7. The minimum absolute atomic E-state index is 0.311. The first-order valence-corrected chi connectivity index (χ1v) is 12.4. The number of nitrogens with zero attached hydrogens (tertiary/aromatic N) is 1. The molecule has 3 nitrogen and oxygen atoms in total. The number of sulfone groups is 1. The van der Waals surface area contributed by atoms with Gasteiger partial charge in [0.05, 0.1) is 9.79 Å². The van der Waals surface area contributed by atoms with Gasteiger partial charge in [-0.05, 0) is 57.6 Å². The fourth-order valence-electron chi connectivity index (χ4n) is 3.77. The van der Waals surface area contributed by atoms with Gasteiger partial charge < -0.3 is 4.90 Å².